The summed E-state index contributed by atoms with van der Waals surface area (Å²) >= 11 is 0. The SMILES string of the molecule is C=CCNC(=O)[C@H](C)OC(=O)CCNS(=O)(=O)c1ccc(F)c(F)c1. The molecule has 0 bridgehead atoms. The van der Waals surface area contributed by atoms with Gasteiger partial charge in [0.1, 0.15) is 0 Å². The number of rotatable bonds is 9. The Balaban J connectivity index is 2.50. The smallest absolute Gasteiger partial charge is 0.307 e. The maximum Gasteiger partial charge on any atom is 0.307 e. The van der Waals surface area contributed by atoms with Crippen molar-refractivity contribution in [1.29, 1.82) is 0 Å². The third kappa shape index (κ3) is 6.59. The van der Waals surface area contributed by atoms with Crippen molar-refractivity contribution >= 4 is 21.9 Å². The minimum absolute atomic E-state index is 0.217. The zero-order valence-electron chi connectivity index (χ0n) is 13.4. The highest BCUT2D eigenvalue weighted by molar-refractivity contribution is 7.89. The zero-order chi connectivity index (χ0) is 19.0. The first-order chi connectivity index (χ1) is 11.7. The predicted molar refractivity (Wildman–Crippen MR) is 84.9 cm³/mol. The van der Waals surface area contributed by atoms with E-state index >= 15 is 0 Å². The van der Waals surface area contributed by atoms with Crippen LogP contribution in [-0.2, 0) is 24.3 Å². The highest BCUT2D eigenvalue weighted by Crippen LogP contribution is 2.13. The minimum atomic E-state index is -4.11. The lowest BCUT2D eigenvalue weighted by atomic mass is 10.3. The lowest BCUT2D eigenvalue weighted by Crippen LogP contribution is -2.36. The van der Waals surface area contributed by atoms with E-state index in [9.17, 15) is 26.8 Å². The normalized spacial score (nSPS) is 12.3. The third-order valence-electron chi connectivity index (χ3n) is 2.92. The van der Waals surface area contributed by atoms with E-state index in [1.807, 2.05) is 0 Å². The molecule has 0 fully saturated rings. The molecule has 1 aromatic carbocycles. The molecule has 0 aromatic heterocycles. The molecule has 7 nitrogen and oxygen atoms in total. The summed E-state index contributed by atoms with van der Waals surface area (Å²) in [6, 6.07) is 2.11. The number of benzene rings is 1. The van der Waals surface area contributed by atoms with Crippen LogP contribution in [-0.4, -0.2) is 39.5 Å². The first-order valence-corrected chi connectivity index (χ1v) is 8.68. The zero-order valence-corrected chi connectivity index (χ0v) is 14.2. The summed E-state index contributed by atoms with van der Waals surface area (Å²) in [6.45, 7) is 4.67. The molecule has 0 saturated heterocycles. The third-order valence-corrected chi connectivity index (χ3v) is 4.38. The second-order valence-electron chi connectivity index (χ2n) is 4.89. The van der Waals surface area contributed by atoms with Crippen molar-refractivity contribution in [3.63, 3.8) is 0 Å². The molecule has 138 valence electrons. The predicted octanol–water partition coefficient (Wildman–Crippen LogP) is 0.867. The Morgan fingerprint density at radius 1 is 1.32 bits per heavy atom. The van der Waals surface area contributed by atoms with Gasteiger partial charge in [-0.2, -0.15) is 0 Å². The molecule has 2 N–H and O–H groups in total. The van der Waals surface area contributed by atoms with Crippen LogP contribution in [0.4, 0.5) is 8.78 Å². The second kappa shape index (κ2) is 9.23. The molecule has 0 heterocycles. The van der Waals surface area contributed by atoms with E-state index in [2.05, 4.69) is 16.6 Å². The minimum Gasteiger partial charge on any atom is -0.453 e. The van der Waals surface area contributed by atoms with E-state index in [1.54, 1.807) is 0 Å². The summed E-state index contributed by atoms with van der Waals surface area (Å²) in [4.78, 5) is 22.6. The van der Waals surface area contributed by atoms with Gasteiger partial charge in [0.2, 0.25) is 10.0 Å². The van der Waals surface area contributed by atoms with Crippen LogP contribution in [0.5, 0.6) is 0 Å². The van der Waals surface area contributed by atoms with Gasteiger partial charge in [-0.05, 0) is 25.1 Å². The van der Waals surface area contributed by atoms with Gasteiger partial charge >= 0.3 is 5.97 Å². The van der Waals surface area contributed by atoms with Crippen molar-refractivity contribution in [3.8, 4) is 0 Å². The van der Waals surface area contributed by atoms with E-state index in [-0.39, 0.29) is 19.5 Å². The van der Waals surface area contributed by atoms with Gasteiger partial charge in [0.15, 0.2) is 17.7 Å². The largest absolute Gasteiger partial charge is 0.453 e. The summed E-state index contributed by atoms with van der Waals surface area (Å²) < 4.78 is 56.6. The summed E-state index contributed by atoms with van der Waals surface area (Å²) in [5.41, 5.74) is 0. The number of ether oxygens (including phenoxy) is 1. The average Bonchev–Trinajstić information content (AvgIpc) is 2.54. The molecule has 1 rings (SSSR count). The number of hydrogen-bond donors (Lipinski definition) is 2. The Morgan fingerprint density at radius 2 is 2.00 bits per heavy atom. The molecule has 0 saturated carbocycles. The molecule has 0 aliphatic rings. The van der Waals surface area contributed by atoms with Crippen molar-refractivity contribution in [2.75, 3.05) is 13.1 Å². The Morgan fingerprint density at radius 3 is 2.60 bits per heavy atom. The number of amides is 1. The van der Waals surface area contributed by atoms with E-state index in [1.165, 1.54) is 13.0 Å². The fourth-order valence-corrected chi connectivity index (χ4v) is 2.68. The molecule has 0 spiro atoms. The van der Waals surface area contributed by atoms with Gasteiger partial charge in [-0.15, -0.1) is 6.58 Å². The molecule has 1 aromatic rings. The van der Waals surface area contributed by atoms with Crippen LogP contribution in [0.1, 0.15) is 13.3 Å². The van der Waals surface area contributed by atoms with Gasteiger partial charge in [0.05, 0.1) is 11.3 Å². The molecule has 0 aliphatic carbocycles. The molecule has 0 radical (unpaired) electrons. The molecular formula is C15H18F2N2O5S. The molecular weight excluding hydrogens is 358 g/mol. The number of sulfonamides is 1. The van der Waals surface area contributed by atoms with Gasteiger partial charge in [0, 0.05) is 13.1 Å². The lowest BCUT2D eigenvalue weighted by molar-refractivity contribution is -0.154. The number of esters is 1. The van der Waals surface area contributed by atoms with Gasteiger partial charge in [-0.1, -0.05) is 6.08 Å². The van der Waals surface area contributed by atoms with Crippen molar-refractivity contribution in [2.45, 2.75) is 24.3 Å². The number of carbonyl (C=O) groups is 2. The molecule has 10 heteroatoms. The standard InChI is InChI=1S/C15H18F2N2O5S/c1-3-7-18-15(21)10(2)24-14(20)6-8-19-25(22,23)11-4-5-12(16)13(17)9-11/h3-5,9-10,19H,1,6-8H2,2H3,(H,18,21)/t10-/m0/s1. The first-order valence-electron chi connectivity index (χ1n) is 7.20. The number of hydrogen-bond acceptors (Lipinski definition) is 5. The topological polar surface area (TPSA) is 102 Å². The van der Waals surface area contributed by atoms with Gasteiger partial charge in [-0.3, -0.25) is 9.59 Å². The van der Waals surface area contributed by atoms with Crippen molar-refractivity contribution < 1.29 is 31.5 Å². The van der Waals surface area contributed by atoms with Crippen LogP contribution in [0, 0.1) is 11.6 Å². The Kier molecular flexibility index (Phi) is 7.65. The summed E-state index contributed by atoms with van der Waals surface area (Å²) in [5, 5.41) is 2.44. The maximum absolute atomic E-state index is 13.1. The number of carbonyl (C=O) groups excluding carboxylic acids is 2. The van der Waals surface area contributed by atoms with E-state index in [0.717, 1.165) is 6.07 Å². The van der Waals surface area contributed by atoms with E-state index in [4.69, 9.17) is 4.74 Å². The van der Waals surface area contributed by atoms with Crippen molar-refractivity contribution in [1.82, 2.24) is 10.0 Å². The van der Waals surface area contributed by atoms with E-state index in [0.29, 0.717) is 12.1 Å². The van der Waals surface area contributed by atoms with Crippen LogP contribution in [0.15, 0.2) is 35.7 Å². The molecule has 1 amide bonds. The van der Waals surface area contributed by atoms with Crippen LogP contribution in [0.3, 0.4) is 0 Å². The summed E-state index contributed by atoms with van der Waals surface area (Å²) in [5.74, 6) is -3.79. The monoisotopic (exact) mass is 376 g/mol. The Labute approximate surface area is 144 Å². The van der Waals surface area contributed by atoms with Crippen molar-refractivity contribution in [2.24, 2.45) is 0 Å². The van der Waals surface area contributed by atoms with E-state index < -0.39 is 44.5 Å². The van der Waals surface area contributed by atoms with Gasteiger partial charge < -0.3 is 10.1 Å². The summed E-state index contributed by atoms with van der Waals surface area (Å²) in [7, 11) is -4.11. The van der Waals surface area contributed by atoms with Gasteiger partial charge in [-0.25, -0.2) is 21.9 Å². The quantitative estimate of drug-likeness (QED) is 0.492. The number of halogens is 2. The van der Waals surface area contributed by atoms with Crippen LogP contribution < -0.4 is 10.0 Å². The van der Waals surface area contributed by atoms with Gasteiger partial charge in [0.25, 0.3) is 5.91 Å². The highest BCUT2D eigenvalue weighted by atomic mass is 32.2. The molecule has 0 aliphatic heterocycles. The fourth-order valence-electron chi connectivity index (χ4n) is 1.64. The average molecular weight is 376 g/mol. The molecule has 25 heavy (non-hydrogen) atoms. The summed E-state index contributed by atoms with van der Waals surface area (Å²) in [6.07, 6.45) is 0.0665. The van der Waals surface area contributed by atoms with Crippen molar-refractivity contribution in [3.05, 3.63) is 42.5 Å². The first kappa shape index (κ1) is 20.7. The highest BCUT2D eigenvalue weighted by Gasteiger charge is 2.19. The molecule has 1 atom stereocenters. The van der Waals surface area contributed by atoms with Crippen LogP contribution >= 0.6 is 0 Å². The fraction of sp³-hybridized carbons (Fsp3) is 0.333. The maximum atomic E-state index is 13.1. The number of nitrogens with one attached hydrogen (secondary N) is 2. The Hall–Kier alpha value is -2.33. The molecule has 0 unspecified atom stereocenters. The second-order valence-corrected chi connectivity index (χ2v) is 6.66. The van der Waals surface area contributed by atoms with Crippen LogP contribution in [0.25, 0.3) is 0 Å². The lowest BCUT2D eigenvalue weighted by Gasteiger charge is -2.13. The van der Waals surface area contributed by atoms with Crippen LogP contribution in [0.2, 0.25) is 0 Å². The Bertz CT molecular complexity index is 752.